The predicted molar refractivity (Wildman–Crippen MR) is 136 cm³/mol. The molecule has 1 saturated heterocycles. The van der Waals surface area contributed by atoms with Crippen LogP contribution in [0.15, 0.2) is 41.2 Å². The van der Waals surface area contributed by atoms with Gasteiger partial charge in [0.1, 0.15) is 6.10 Å². The van der Waals surface area contributed by atoms with Crippen molar-refractivity contribution >= 4 is 35.2 Å². The number of thiazole rings is 1. The van der Waals surface area contributed by atoms with Crippen LogP contribution >= 0.6 is 11.3 Å². The molecule has 208 valence electrons. The van der Waals surface area contributed by atoms with Gasteiger partial charge in [0.05, 0.1) is 24.4 Å². The molecule has 1 aromatic heterocycles. The smallest absolute Gasteiger partial charge is 0.345 e. The van der Waals surface area contributed by atoms with E-state index in [1.165, 1.54) is 11.3 Å². The summed E-state index contributed by atoms with van der Waals surface area (Å²) in [5, 5.41) is 1.65. The van der Waals surface area contributed by atoms with Gasteiger partial charge in [0.15, 0.2) is 0 Å². The molecule has 0 spiro atoms. The first-order valence-electron chi connectivity index (χ1n) is 12.0. The number of rotatable bonds is 11. The summed E-state index contributed by atoms with van der Waals surface area (Å²) in [4.78, 5) is 53.7. The Bertz CT molecular complexity index is 1210. The van der Waals surface area contributed by atoms with Gasteiger partial charge < -0.3 is 28.4 Å². The SMILES string of the molecule is C#C[C@@]1(OC(C)=O)[C@@H](COC(Cc2ccccc2)(C(=O)OCC)c2cscn2)OC(OC(C)=O)[C@@H]1OC(C)=O. The van der Waals surface area contributed by atoms with E-state index in [1.54, 1.807) is 17.8 Å². The normalized spacial score (nSPS) is 23.6. The Balaban J connectivity index is 2.07. The quantitative estimate of drug-likeness (QED) is 0.228. The monoisotopic (exact) mass is 559 g/mol. The van der Waals surface area contributed by atoms with Gasteiger partial charge in [0, 0.05) is 32.6 Å². The van der Waals surface area contributed by atoms with E-state index in [4.69, 9.17) is 34.8 Å². The number of nitrogens with zero attached hydrogens (tertiary/aromatic N) is 1. The van der Waals surface area contributed by atoms with Crippen LogP contribution in [0.2, 0.25) is 0 Å². The summed E-state index contributed by atoms with van der Waals surface area (Å²) >= 11 is 1.25. The van der Waals surface area contributed by atoms with Crippen molar-refractivity contribution in [3.8, 4) is 12.3 Å². The maximum absolute atomic E-state index is 13.5. The van der Waals surface area contributed by atoms with E-state index in [0.717, 1.165) is 26.3 Å². The third-order valence-electron chi connectivity index (χ3n) is 5.79. The topological polar surface area (TPSA) is 137 Å². The van der Waals surface area contributed by atoms with Crippen molar-refractivity contribution in [1.29, 1.82) is 0 Å². The Hall–Kier alpha value is -3.79. The van der Waals surface area contributed by atoms with E-state index in [-0.39, 0.29) is 18.7 Å². The summed E-state index contributed by atoms with van der Waals surface area (Å²) in [5.74, 6) is -0.743. The maximum Gasteiger partial charge on any atom is 0.345 e. The summed E-state index contributed by atoms with van der Waals surface area (Å²) in [7, 11) is 0. The number of carbonyl (C=O) groups is 4. The van der Waals surface area contributed by atoms with Crippen molar-refractivity contribution in [2.45, 2.75) is 63.8 Å². The summed E-state index contributed by atoms with van der Waals surface area (Å²) < 4.78 is 33.6. The molecule has 11 nitrogen and oxygen atoms in total. The van der Waals surface area contributed by atoms with Gasteiger partial charge in [-0.2, -0.15) is 0 Å². The molecule has 0 radical (unpaired) electrons. The first-order valence-corrected chi connectivity index (χ1v) is 12.9. The molecule has 2 aromatic rings. The number of terminal acetylenes is 1. The summed E-state index contributed by atoms with van der Waals surface area (Å²) in [6, 6.07) is 9.08. The highest BCUT2D eigenvalue weighted by atomic mass is 32.1. The third-order valence-corrected chi connectivity index (χ3v) is 6.37. The van der Waals surface area contributed by atoms with Crippen LogP contribution in [0.5, 0.6) is 0 Å². The minimum atomic E-state index is -2.06. The maximum atomic E-state index is 13.5. The van der Waals surface area contributed by atoms with Gasteiger partial charge in [-0.25, -0.2) is 9.78 Å². The van der Waals surface area contributed by atoms with Crippen LogP contribution in [-0.2, 0) is 59.6 Å². The van der Waals surface area contributed by atoms with Gasteiger partial charge in [-0.1, -0.05) is 36.3 Å². The first-order chi connectivity index (χ1) is 18.6. The summed E-state index contributed by atoms with van der Waals surface area (Å²) in [6.45, 7) is 4.58. The average molecular weight is 560 g/mol. The highest BCUT2D eigenvalue weighted by Crippen LogP contribution is 2.40. The number of hydrogen-bond acceptors (Lipinski definition) is 12. The largest absolute Gasteiger partial charge is 0.464 e. The first kappa shape index (κ1) is 29.8. The van der Waals surface area contributed by atoms with E-state index in [2.05, 4.69) is 10.9 Å². The van der Waals surface area contributed by atoms with Gasteiger partial charge in [-0.05, 0) is 12.5 Å². The van der Waals surface area contributed by atoms with Gasteiger partial charge in [-0.15, -0.1) is 17.8 Å². The molecule has 1 aliphatic heterocycles. The Labute approximate surface area is 229 Å². The molecule has 3 rings (SSSR count). The van der Waals surface area contributed by atoms with E-state index in [9.17, 15) is 19.2 Å². The number of benzene rings is 1. The van der Waals surface area contributed by atoms with Crippen LogP contribution in [0, 0.1) is 12.3 Å². The number of aromatic nitrogens is 1. The molecule has 0 amide bonds. The molecule has 5 atom stereocenters. The molecule has 1 aromatic carbocycles. The molecule has 0 saturated carbocycles. The molecule has 2 unspecified atom stereocenters. The second-order valence-electron chi connectivity index (χ2n) is 8.56. The van der Waals surface area contributed by atoms with Gasteiger partial charge >= 0.3 is 23.9 Å². The fourth-order valence-corrected chi connectivity index (χ4v) is 4.85. The zero-order chi connectivity index (χ0) is 28.6. The minimum absolute atomic E-state index is 0.0283. The number of hydrogen-bond donors (Lipinski definition) is 0. The Kier molecular flexibility index (Phi) is 9.80. The third kappa shape index (κ3) is 6.62. The number of ether oxygens (including phenoxy) is 6. The second-order valence-corrected chi connectivity index (χ2v) is 9.28. The summed E-state index contributed by atoms with van der Waals surface area (Å²) in [6.07, 6.45) is 1.47. The van der Waals surface area contributed by atoms with E-state index >= 15 is 0 Å². The molecule has 0 N–H and O–H groups in total. The van der Waals surface area contributed by atoms with Gasteiger partial charge in [-0.3, -0.25) is 14.4 Å². The zero-order valence-corrected chi connectivity index (χ0v) is 22.7. The van der Waals surface area contributed by atoms with Crippen LogP contribution in [0.1, 0.15) is 39.0 Å². The summed E-state index contributed by atoms with van der Waals surface area (Å²) in [5.41, 5.74) is -1.26. The van der Waals surface area contributed by atoms with Crippen molar-refractivity contribution in [2.75, 3.05) is 13.2 Å². The van der Waals surface area contributed by atoms with Crippen LogP contribution in [0.25, 0.3) is 0 Å². The van der Waals surface area contributed by atoms with E-state index in [0.29, 0.717) is 0 Å². The van der Waals surface area contributed by atoms with E-state index in [1.807, 2.05) is 30.3 Å². The lowest BCUT2D eigenvalue weighted by Gasteiger charge is -2.35. The lowest BCUT2D eigenvalue weighted by Crippen LogP contribution is -2.55. The van der Waals surface area contributed by atoms with Crippen LogP contribution in [0.3, 0.4) is 0 Å². The highest BCUT2D eigenvalue weighted by Gasteiger charge is 2.63. The Morgan fingerprint density at radius 2 is 1.79 bits per heavy atom. The standard InChI is InChI=1S/C27H29NO10S/c1-6-26(38-19(5)31)22(37-24(36-18(4)30)23(26)35-17(3)29)14-34-27(25(32)33-7-2,21-15-39-16-28-21)13-20-11-9-8-10-12-20/h1,8-12,15-16,22-24H,7,13-14H2,2-5H3/t22-,23+,24?,26-,27?/m1/s1. The van der Waals surface area contributed by atoms with Crippen molar-refractivity contribution in [2.24, 2.45) is 0 Å². The predicted octanol–water partition coefficient (Wildman–Crippen LogP) is 2.32. The van der Waals surface area contributed by atoms with Crippen molar-refractivity contribution in [3.63, 3.8) is 0 Å². The molecule has 39 heavy (non-hydrogen) atoms. The molecular formula is C27H29NO10S. The molecule has 1 aliphatic rings. The highest BCUT2D eigenvalue weighted by molar-refractivity contribution is 7.07. The Morgan fingerprint density at radius 1 is 1.10 bits per heavy atom. The van der Waals surface area contributed by atoms with Crippen LogP contribution in [-0.4, -0.2) is 66.2 Å². The average Bonchev–Trinajstić information content (AvgIpc) is 3.50. The van der Waals surface area contributed by atoms with Gasteiger partial charge in [0.25, 0.3) is 0 Å². The van der Waals surface area contributed by atoms with Crippen molar-refractivity contribution in [3.05, 3.63) is 52.5 Å². The fourth-order valence-electron chi connectivity index (χ4n) is 4.24. The molecule has 12 heteroatoms. The van der Waals surface area contributed by atoms with Crippen molar-refractivity contribution in [1.82, 2.24) is 4.98 Å². The van der Waals surface area contributed by atoms with Crippen molar-refractivity contribution < 1.29 is 47.6 Å². The van der Waals surface area contributed by atoms with Gasteiger partial charge in [0.2, 0.25) is 23.6 Å². The number of carbonyl (C=O) groups excluding carboxylic acids is 4. The zero-order valence-electron chi connectivity index (χ0n) is 21.9. The number of esters is 4. The molecular weight excluding hydrogens is 530 g/mol. The molecule has 0 aliphatic carbocycles. The van der Waals surface area contributed by atoms with Crippen LogP contribution < -0.4 is 0 Å². The molecule has 2 heterocycles. The second kappa shape index (κ2) is 12.8. The minimum Gasteiger partial charge on any atom is -0.464 e. The molecule has 1 fully saturated rings. The lowest BCUT2D eigenvalue weighted by atomic mass is 9.90. The lowest BCUT2D eigenvalue weighted by molar-refractivity contribution is -0.202. The van der Waals surface area contributed by atoms with Crippen LogP contribution in [0.4, 0.5) is 0 Å². The molecule has 0 bridgehead atoms. The Morgan fingerprint density at radius 3 is 2.33 bits per heavy atom. The van der Waals surface area contributed by atoms with E-state index < -0.39 is 60.2 Å². The fraction of sp³-hybridized carbons (Fsp3) is 0.444.